The first kappa shape index (κ1) is 16.7. The van der Waals surface area contributed by atoms with E-state index in [1.807, 2.05) is 13.0 Å². The van der Waals surface area contributed by atoms with Crippen molar-refractivity contribution in [3.8, 4) is 6.07 Å². The number of unbranched alkanes of at least 4 members (excludes halogenated alkanes) is 3. The lowest BCUT2D eigenvalue weighted by Gasteiger charge is -2.14. The van der Waals surface area contributed by atoms with E-state index in [4.69, 9.17) is 5.26 Å². The summed E-state index contributed by atoms with van der Waals surface area (Å²) in [7, 11) is -3.49. The van der Waals surface area contributed by atoms with Gasteiger partial charge in [0.25, 0.3) is 0 Å². The van der Waals surface area contributed by atoms with Crippen molar-refractivity contribution in [2.45, 2.75) is 56.9 Å². The zero-order valence-electron chi connectivity index (χ0n) is 12.1. The first-order chi connectivity index (χ1) is 9.49. The third-order valence-corrected chi connectivity index (χ3v) is 4.75. The molecule has 0 spiro atoms. The van der Waals surface area contributed by atoms with Gasteiger partial charge in [-0.05, 0) is 37.6 Å². The summed E-state index contributed by atoms with van der Waals surface area (Å²) in [6.45, 7) is 4.03. The second-order valence-electron chi connectivity index (χ2n) is 5.01. The van der Waals surface area contributed by atoms with Gasteiger partial charge in [-0.1, -0.05) is 32.6 Å². The SMILES string of the molecule is CCCCCCC(C)NS(=O)(=O)c1ccc(C#N)cc1. The van der Waals surface area contributed by atoms with E-state index in [-0.39, 0.29) is 10.9 Å². The van der Waals surface area contributed by atoms with Crippen LogP contribution in [-0.4, -0.2) is 14.5 Å². The van der Waals surface area contributed by atoms with Crippen LogP contribution in [0, 0.1) is 11.3 Å². The maximum Gasteiger partial charge on any atom is 0.240 e. The fourth-order valence-corrected chi connectivity index (χ4v) is 3.26. The predicted molar refractivity (Wildman–Crippen MR) is 79.7 cm³/mol. The first-order valence-electron chi connectivity index (χ1n) is 7.02. The Kier molecular flexibility index (Phi) is 6.69. The van der Waals surface area contributed by atoms with E-state index in [9.17, 15) is 8.42 Å². The van der Waals surface area contributed by atoms with Crippen LogP contribution in [0.5, 0.6) is 0 Å². The number of hydrogen-bond donors (Lipinski definition) is 1. The van der Waals surface area contributed by atoms with Gasteiger partial charge < -0.3 is 0 Å². The molecule has 0 amide bonds. The lowest BCUT2D eigenvalue weighted by molar-refractivity contribution is 0.522. The minimum Gasteiger partial charge on any atom is -0.208 e. The molecule has 1 atom stereocenters. The minimum atomic E-state index is -3.49. The van der Waals surface area contributed by atoms with E-state index in [1.165, 1.54) is 37.1 Å². The van der Waals surface area contributed by atoms with E-state index < -0.39 is 10.0 Å². The molecule has 1 rings (SSSR count). The molecule has 1 aromatic rings. The average Bonchev–Trinajstić information content (AvgIpc) is 2.43. The lowest BCUT2D eigenvalue weighted by Crippen LogP contribution is -2.32. The third-order valence-electron chi connectivity index (χ3n) is 3.14. The Morgan fingerprint density at radius 3 is 2.40 bits per heavy atom. The smallest absolute Gasteiger partial charge is 0.208 e. The summed E-state index contributed by atoms with van der Waals surface area (Å²) in [6.07, 6.45) is 5.38. The number of rotatable bonds is 8. The van der Waals surface area contributed by atoms with Crippen molar-refractivity contribution in [2.24, 2.45) is 0 Å². The molecule has 0 saturated heterocycles. The largest absolute Gasteiger partial charge is 0.240 e. The summed E-state index contributed by atoms with van der Waals surface area (Å²) >= 11 is 0. The average molecular weight is 294 g/mol. The highest BCUT2D eigenvalue weighted by atomic mass is 32.2. The van der Waals surface area contributed by atoms with Crippen LogP contribution < -0.4 is 4.72 Å². The van der Waals surface area contributed by atoms with E-state index in [2.05, 4.69) is 11.6 Å². The van der Waals surface area contributed by atoms with Gasteiger partial charge in [0.15, 0.2) is 0 Å². The molecule has 4 nitrogen and oxygen atoms in total. The molecule has 0 heterocycles. The van der Waals surface area contributed by atoms with Gasteiger partial charge in [-0.25, -0.2) is 13.1 Å². The molecule has 1 unspecified atom stereocenters. The van der Waals surface area contributed by atoms with Crippen LogP contribution in [0.3, 0.4) is 0 Å². The van der Waals surface area contributed by atoms with Gasteiger partial charge in [0, 0.05) is 6.04 Å². The number of sulfonamides is 1. The van der Waals surface area contributed by atoms with Crippen LogP contribution in [0.1, 0.15) is 51.5 Å². The molecular weight excluding hydrogens is 272 g/mol. The van der Waals surface area contributed by atoms with Gasteiger partial charge >= 0.3 is 0 Å². The lowest BCUT2D eigenvalue weighted by atomic mass is 10.1. The Labute approximate surface area is 121 Å². The van der Waals surface area contributed by atoms with E-state index in [0.29, 0.717) is 5.56 Å². The molecule has 0 aliphatic heterocycles. The predicted octanol–water partition coefficient (Wildman–Crippen LogP) is 3.20. The Bertz CT molecular complexity index is 544. The van der Waals surface area contributed by atoms with Gasteiger partial charge in [-0.3, -0.25) is 0 Å². The van der Waals surface area contributed by atoms with Gasteiger partial charge in [-0.2, -0.15) is 5.26 Å². The molecule has 1 N–H and O–H groups in total. The first-order valence-corrected chi connectivity index (χ1v) is 8.50. The van der Waals surface area contributed by atoms with Crippen LogP contribution >= 0.6 is 0 Å². The number of nitrogens with one attached hydrogen (secondary N) is 1. The maximum atomic E-state index is 12.1. The standard InChI is InChI=1S/C15H22N2O2S/c1-3-4-5-6-7-13(2)17-20(18,19)15-10-8-14(12-16)9-11-15/h8-11,13,17H,3-7H2,1-2H3. The van der Waals surface area contributed by atoms with Crippen molar-refractivity contribution >= 4 is 10.0 Å². The van der Waals surface area contributed by atoms with Crippen molar-refractivity contribution in [1.82, 2.24) is 4.72 Å². The molecule has 0 bridgehead atoms. The Balaban J connectivity index is 2.58. The van der Waals surface area contributed by atoms with Crippen molar-refractivity contribution in [1.29, 1.82) is 5.26 Å². The van der Waals surface area contributed by atoms with E-state index in [1.54, 1.807) is 0 Å². The topological polar surface area (TPSA) is 70.0 Å². The van der Waals surface area contributed by atoms with Crippen LogP contribution in [0.25, 0.3) is 0 Å². The van der Waals surface area contributed by atoms with Gasteiger partial charge in [0.05, 0.1) is 16.5 Å². The second-order valence-corrected chi connectivity index (χ2v) is 6.72. The number of hydrogen-bond acceptors (Lipinski definition) is 3. The fraction of sp³-hybridized carbons (Fsp3) is 0.533. The van der Waals surface area contributed by atoms with E-state index >= 15 is 0 Å². The number of benzene rings is 1. The minimum absolute atomic E-state index is 0.0764. The number of nitriles is 1. The van der Waals surface area contributed by atoms with Gasteiger partial charge in [-0.15, -0.1) is 0 Å². The van der Waals surface area contributed by atoms with Crippen molar-refractivity contribution < 1.29 is 8.42 Å². The molecule has 0 fully saturated rings. The molecule has 20 heavy (non-hydrogen) atoms. The molecule has 1 aromatic carbocycles. The Hall–Kier alpha value is -1.38. The van der Waals surface area contributed by atoms with E-state index in [0.717, 1.165) is 19.3 Å². The fourth-order valence-electron chi connectivity index (χ4n) is 1.98. The van der Waals surface area contributed by atoms with Gasteiger partial charge in [0.1, 0.15) is 0 Å². The van der Waals surface area contributed by atoms with Crippen molar-refractivity contribution in [3.05, 3.63) is 29.8 Å². The number of nitrogens with zero attached hydrogens (tertiary/aromatic N) is 1. The highest BCUT2D eigenvalue weighted by Gasteiger charge is 2.16. The van der Waals surface area contributed by atoms with Crippen molar-refractivity contribution in [3.63, 3.8) is 0 Å². The summed E-state index contributed by atoms with van der Waals surface area (Å²) in [5, 5.41) is 8.70. The molecule has 0 aromatic heterocycles. The third kappa shape index (κ3) is 5.32. The van der Waals surface area contributed by atoms with Crippen LogP contribution in [0.2, 0.25) is 0 Å². The summed E-state index contributed by atoms with van der Waals surface area (Å²) in [5.74, 6) is 0. The molecule has 0 radical (unpaired) electrons. The molecule has 5 heteroatoms. The second kappa shape index (κ2) is 8.03. The zero-order valence-corrected chi connectivity index (χ0v) is 12.9. The van der Waals surface area contributed by atoms with Crippen molar-refractivity contribution in [2.75, 3.05) is 0 Å². The molecule has 0 aliphatic rings. The summed E-state index contributed by atoms with van der Waals surface area (Å²) < 4.78 is 27.0. The molecule has 0 saturated carbocycles. The zero-order chi connectivity index (χ0) is 15.0. The molecule has 110 valence electrons. The highest BCUT2D eigenvalue weighted by molar-refractivity contribution is 7.89. The van der Waals surface area contributed by atoms with Crippen LogP contribution in [0.15, 0.2) is 29.2 Å². The summed E-state index contributed by atoms with van der Waals surface area (Å²) in [5.41, 5.74) is 0.455. The normalized spacial score (nSPS) is 12.8. The highest BCUT2D eigenvalue weighted by Crippen LogP contribution is 2.12. The maximum absolute atomic E-state index is 12.1. The molecule has 0 aliphatic carbocycles. The Morgan fingerprint density at radius 1 is 1.20 bits per heavy atom. The quantitative estimate of drug-likeness (QED) is 0.748. The monoisotopic (exact) mass is 294 g/mol. The van der Waals surface area contributed by atoms with Crippen LogP contribution in [0.4, 0.5) is 0 Å². The molecular formula is C15H22N2O2S. The van der Waals surface area contributed by atoms with Crippen LogP contribution in [-0.2, 0) is 10.0 Å². The Morgan fingerprint density at radius 2 is 1.85 bits per heavy atom. The summed E-state index contributed by atoms with van der Waals surface area (Å²) in [4.78, 5) is 0.205. The summed E-state index contributed by atoms with van der Waals surface area (Å²) in [6, 6.07) is 7.85. The van der Waals surface area contributed by atoms with Gasteiger partial charge in [0.2, 0.25) is 10.0 Å².